The smallest absolute Gasteiger partial charge is 0.248 e. The average Bonchev–Trinajstić information content (AvgIpc) is 3.22. The molecule has 0 aliphatic heterocycles. The lowest BCUT2D eigenvalue weighted by Gasteiger charge is -2.30. The first-order valence-corrected chi connectivity index (χ1v) is 10.5. The third-order valence-electron chi connectivity index (χ3n) is 5.90. The van der Waals surface area contributed by atoms with Gasteiger partial charge in [-0.2, -0.15) is 0 Å². The zero-order valence-corrected chi connectivity index (χ0v) is 16.9. The summed E-state index contributed by atoms with van der Waals surface area (Å²) in [5.41, 5.74) is 5.70. The van der Waals surface area contributed by atoms with Crippen molar-refractivity contribution in [1.29, 1.82) is 0 Å². The van der Waals surface area contributed by atoms with Gasteiger partial charge in [-0.15, -0.1) is 0 Å². The van der Waals surface area contributed by atoms with Crippen LogP contribution in [0.15, 0.2) is 71.9 Å². The van der Waals surface area contributed by atoms with Gasteiger partial charge in [0.2, 0.25) is 5.56 Å². The number of imidazole rings is 1. The second-order valence-corrected chi connectivity index (χ2v) is 7.96. The molecule has 1 unspecified atom stereocenters. The maximum atomic E-state index is 11.7. The number of pyridine rings is 2. The summed E-state index contributed by atoms with van der Waals surface area (Å²) in [6.07, 6.45) is 9.27. The molecule has 5 rings (SSSR count). The van der Waals surface area contributed by atoms with E-state index in [9.17, 15) is 4.79 Å². The maximum absolute atomic E-state index is 11.7. The van der Waals surface area contributed by atoms with Crippen LogP contribution in [0.4, 0.5) is 11.4 Å². The van der Waals surface area contributed by atoms with Crippen LogP contribution in [0.25, 0.3) is 16.9 Å². The fraction of sp³-hybridized carbons (Fsp3) is 0.250. The summed E-state index contributed by atoms with van der Waals surface area (Å²) in [4.78, 5) is 18.9. The highest BCUT2D eigenvalue weighted by Gasteiger charge is 2.19. The molecule has 0 bridgehead atoms. The highest BCUT2D eigenvalue weighted by atomic mass is 16.1. The Balaban J connectivity index is 1.39. The Morgan fingerprint density at radius 1 is 1.13 bits per heavy atom. The van der Waals surface area contributed by atoms with Crippen LogP contribution >= 0.6 is 0 Å². The highest BCUT2D eigenvalue weighted by Crippen LogP contribution is 2.28. The van der Waals surface area contributed by atoms with Crippen molar-refractivity contribution >= 4 is 17.0 Å². The van der Waals surface area contributed by atoms with E-state index in [2.05, 4.69) is 51.8 Å². The minimum Gasteiger partial charge on any atom is -0.352 e. The van der Waals surface area contributed by atoms with Crippen molar-refractivity contribution in [2.45, 2.75) is 38.3 Å². The SMILES string of the molecule is CC(NC1CCC1)c1ccc(Nc2ccc(-c3cc[nH]c(=O)c3)n3ccnc23)cc1. The zero-order chi connectivity index (χ0) is 20.5. The van der Waals surface area contributed by atoms with E-state index in [4.69, 9.17) is 0 Å². The molecule has 1 saturated carbocycles. The van der Waals surface area contributed by atoms with E-state index in [1.165, 1.54) is 24.8 Å². The topological polar surface area (TPSA) is 74.2 Å². The number of anilines is 2. The summed E-state index contributed by atoms with van der Waals surface area (Å²) in [6, 6.07) is 17.1. The molecule has 152 valence electrons. The first-order chi connectivity index (χ1) is 14.7. The molecule has 3 aromatic heterocycles. The van der Waals surface area contributed by atoms with Gasteiger partial charge in [0.15, 0.2) is 5.65 Å². The normalized spacial score (nSPS) is 15.1. The van der Waals surface area contributed by atoms with E-state index in [0.717, 1.165) is 28.3 Å². The molecule has 0 spiro atoms. The number of aromatic nitrogens is 3. The van der Waals surface area contributed by atoms with Crippen LogP contribution in [-0.4, -0.2) is 20.4 Å². The molecule has 0 radical (unpaired) electrons. The minimum atomic E-state index is -0.121. The van der Waals surface area contributed by atoms with E-state index >= 15 is 0 Å². The molecular formula is C24H25N5O. The van der Waals surface area contributed by atoms with Gasteiger partial charge >= 0.3 is 0 Å². The zero-order valence-electron chi connectivity index (χ0n) is 16.9. The Morgan fingerprint density at radius 3 is 2.70 bits per heavy atom. The Hall–Kier alpha value is -3.38. The largest absolute Gasteiger partial charge is 0.352 e. The van der Waals surface area contributed by atoms with Crippen LogP contribution in [0.1, 0.15) is 37.8 Å². The number of hydrogen-bond donors (Lipinski definition) is 3. The van der Waals surface area contributed by atoms with Gasteiger partial charge in [-0.1, -0.05) is 18.6 Å². The lowest BCUT2D eigenvalue weighted by atomic mass is 9.92. The number of nitrogens with one attached hydrogen (secondary N) is 3. The molecule has 30 heavy (non-hydrogen) atoms. The summed E-state index contributed by atoms with van der Waals surface area (Å²) < 4.78 is 2.00. The number of H-pyrrole nitrogens is 1. The lowest BCUT2D eigenvalue weighted by Crippen LogP contribution is -2.36. The van der Waals surface area contributed by atoms with Crippen LogP contribution in [0.2, 0.25) is 0 Å². The van der Waals surface area contributed by atoms with Crippen LogP contribution < -0.4 is 16.2 Å². The Kier molecular flexibility index (Phi) is 4.85. The van der Waals surface area contributed by atoms with Gasteiger partial charge in [0.25, 0.3) is 0 Å². The van der Waals surface area contributed by atoms with Gasteiger partial charge in [0, 0.05) is 48.0 Å². The summed E-state index contributed by atoms with van der Waals surface area (Å²) >= 11 is 0. The predicted octanol–water partition coefficient (Wildman–Crippen LogP) is 4.64. The summed E-state index contributed by atoms with van der Waals surface area (Å²) in [5, 5.41) is 7.17. The molecule has 0 amide bonds. The van der Waals surface area contributed by atoms with Crippen molar-refractivity contribution in [2.24, 2.45) is 0 Å². The first-order valence-electron chi connectivity index (χ1n) is 10.5. The molecule has 1 aromatic carbocycles. The fourth-order valence-electron chi connectivity index (χ4n) is 3.99. The average molecular weight is 399 g/mol. The van der Waals surface area contributed by atoms with Crippen molar-refractivity contribution in [2.75, 3.05) is 5.32 Å². The van der Waals surface area contributed by atoms with Gasteiger partial charge in [-0.05, 0) is 55.7 Å². The molecule has 3 N–H and O–H groups in total. The van der Waals surface area contributed by atoms with E-state index in [1.807, 2.05) is 28.8 Å². The Morgan fingerprint density at radius 2 is 1.97 bits per heavy atom. The lowest BCUT2D eigenvalue weighted by molar-refractivity contribution is 0.313. The Labute approximate surface area is 175 Å². The van der Waals surface area contributed by atoms with Crippen molar-refractivity contribution in [3.8, 4) is 11.3 Å². The molecule has 4 aromatic rings. The number of aromatic amines is 1. The van der Waals surface area contributed by atoms with Crippen molar-refractivity contribution in [3.05, 3.63) is 83.0 Å². The standard InChI is InChI=1S/C24H25N5O/c1-16(27-19-3-2-4-19)17-5-7-20(8-6-17)28-21-9-10-22(29-14-13-26-24(21)29)18-11-12-25-23(30)15-18/h5-16,19,27-28H,2-4H2,1H3,(H,25,30). The van der Waals surface area contributed by atoms with Gasteiger partial charge < -0.3 is 15.6 Å². The fourth-order valence-corrected chi connectivity index (χ4v) is 3.99. The predicted molar refractivity (Wildman–Crippen MR) is 120 cm³/mol. The molecule has 6 nitrogen and oxygen atoms in total. The monoisotopic (exact) mass is 399 g/mol. The summed E-state index contributed by atoms with van der Waals surface area (Å²) in [5.74, 6) is 0. The second-order valence-electron chi connectivity index (χ2n) is 7.96. The van der Waals surface area contributed by atoms with Gasteiger partial charge in [-0.25, -0.2) is 4.98 Å². The third kappa shape index (κ3) is 3.62. The molecule has 1 fully saturated rings. The number of benzene rings is 1. The van der Waals surface area contributed by atoms with Crippen LogP contribution in [0, 0.1) is 0 Å². The van der Waals surface area contributed by atoms with Crippen LogP contribution in [-0.2, 0) is 0 Å². The van der Waals surface area contributed by atoms with Crippen molar-refractivity contribution < 1.29 is 0 Å². The van der Waals surface area contributed by atoms with Crippen molar-refractivity contribution in [1.82, 2.24) is 19.7 Å². The molecule has 1 aliphatic carbocycles. The summed E-state index contributed by atoms with van der Waals surface area (Å²) in [6.45, 7) is 2.22. The first kappa shape index (κ1) is 18.6. The molecule has 3 heterocycles. The third-order valence-corrected chi connectivity index (χ3v) is 5.90. The number of fused-ring (bicyclic) bond motifs is 1. The highest BCUT2D eigenvalue weighted by molar-refractivity contribution is 5.78. The molecule has 1 aliphatic rings. The molecular weight excluding hydrogens is 374 g/mol. The number of hydrogen-bond acceptors (Lipinski definition) is 4. The van der Waals surface area contributed by atoms with Crippen LogP contribution in [0.5, 0.6) is 0 Å². The van der Waals surface area contributed by atoms with Gasteiger partial charge in [-0.3, -0.25) is 9.20 Å². The molecule has 1 atom stereocenters. The van der Waals surface area contributed by atoms with Crippen molar-refractivity contribution in [3.63, 3.8) is 0 Å². The number of nitrogens with zero attached hydrogens (tertiary/aromatic N) is 2. The van der Waals surface area contributed by atoms with E-state index < -0.39 is 0 Å². The van der Waals surface area contributed by atoms with Crippen LogP contribution in [0.3, 0.4) is 0 Å². The second kappa shape index (κ2) is 7.80. The molecule has 0 saturated heterocycles. The summed E-state index contributed by atoms with van der Waals surface area (Å²) in [7, 11) is 0. The minimum absolute atomic E-state index is 0.121. The van der Waals surface area contributed by atoms with E-state index in [0.29, 0.717) is 12.1 Å². The van der Waals surface area contributed by atoms with E-state index in [1.54, 1.807) is 18.5 Å². The van der Waals surface area contributed by atoms with Gasteiger partial charge in [0.1, 0.15) is 0 Å². The van der Waals surface area contributed by atoms with Gasteiger partial charge in [0.05, 0.1) is 11.4 Å². The Bertz CT molecular complexity index is 1220. The van der Waals surface area contributed by atoms with E-state index in [-0.39, 0.29) is 5.56 Å². The number of rotatable bonds is 6. The quantitative estimate of drug-likeness (QED) is 0.442. The molecule has 6 heteroatoms. The maximum Gasteiger partial charge on any atom is 0.248 e.